The van der Waals surface area contributed by atoms with Crippen LogP contribution in [-0.4, -0.2) is 35.6 Å². The zero-order valence-electron chi connectivity index (χ0n) is 6.37. The van der Waals surface area contributed by atoms with Crippen molar-refractivity contribution >= 4 is 5.91 Å². The van der Waals surface area contributed by atoms with Gasteiger partial charge in [0.1, 0.15) is 6.10 Å². The van der Waals surface area contributed by atoms with Crippen LogP contribution in [0.2, 0.25) is 0 Å². The Labute approximate surface area is 60.6 Å². The first-order chi connectivity index (χ1) is 4.66. The van der Waals surface area contributed by atoms with Crippen molar-refractivity contribution in [3.8, 4) is 0 Å². The molecule has 10 heavy (non-hydrogen) atoms. The van der Waals surface area contributed by atoms with Crippen LogP contribution in [0.1, 0.15) is 13.3 Å². The van der Waals surface area contributed by atoms with Crippen molar-refractivity contribution in [2.24, 2.45) is 5.92 Å². The van der Waals surface area contributed by atoms with Gasteiger partial charge in [0.25, 0.3) is 5.91 Å². The summed E-state index contributed by atoms with van der Waals surface area (Å²) in [6.07, 6.45) is 0.132. The van der Waals surface area contributed by atoms with Crippen molar-refractivity contribution in [2.75, 3.05) is 13.6 Å². The van der Waals surface area contributed by atoms with Crippen LogP contribution in [0.4, 0.5) is 0 Å². The number of hydrogen-bond donors (Lipinski definition) is 1. The molecular formula is C7H13NO2. The van der Waals surface area contributed by atoms with Gasteiger partial charge < -0.3 is 10.0 Å². The average molecular weight is 143 g/mol. The van der Waals surface area contributed by atoms with Gasteiger partial charge in [-0.1, -0.05) is 6.92 Å². The van der Waals surface area contributed by atoms with E-state index in [1.807, 2.05) is 6.92 Å². The second-order valence-electron chi connectivity index (χ2n) is 2.83. The number of hydrogen-bond acceptors (Lipinski definition) is 2. The van der Waals surface area contributed by atoms with Crippen molar-refractivity contribution in [1.82, 2.24) is 4.90 Å². The minimum absolute atomic E-state index is 0.133. The molecule has 1 N–H and O–H groups in total. The molecule has 1 aliphatic rings. The molecule has 1 saturated heterocycles. The van der Waals surface area contributed by atoms with Crippen LogP contribution in [-0.2, 0) is 4.79 Å². The highest BCUT2D eigenvalue weighted by atomic mass is 16.3. The van der Waals surface area contributed by atoms with E-state index in [9.17, 15) is 9.90 Å². The summed E-state index contributed by atoms with van der Waals surface area (Å²) in [7, 11) is 1.72. The summed E-state index contributed by atoms with van der Waals surface area (Å²) >= 11 is 0. The van der Waals surface area contributed by atoms with Crippen LogP contribution in [0.3, 0.4) is 0 Å². The number of carbonyl (C=O) groups excluding carboxylic acids is 1. The van der Waals surface area contributed by atoms with Crippen LogP contribution < -0.4 is 0 Å². The van der Waals surface area contributed by atoms with Crippen LogP contribution in [0.5, 0.6) is 0 Å². The maximum absolute atomic E-state index is 11.0. The summed E-state index contributed by atoms with van der Waals surface area (Å²) in [4.78, 5) is 12.5. The Morgan fingerprint density at radius 1 is 1.80 bits per heavy atom. The zero-order chi connectivity index (χ0) is 7.72. The second-order valence-corrected chi connectivity index (χ2v) is 2.83. The first kappa shape index (κ1) is 7.54. The number of likely N-dealkylation sites (N-methyl/N-ethyl adjacent to an activating group) is 1. The smallest absolute Gasteiger partial charge is 0.251 e. The highest BCUT2D eigenvalue weighted by molar-refractivity contribution is 5.82. The fraction of sp³-hybridized carbons (Fsp3) is 0.857. The fourth-order valence-electron chi connectivity index (χ4n) is 1.32. The largest absolute Gasteiger partial charge is 0.383 e. The lowest BCUT2D eigenvalue weighted by atomic mass is 10.0. The molecule has 1 amide bonds. The number of aliphatic hydroxyl groups excluding tert-OH is 1. The number of amides is 1. The minimum Gasteiger partial charge on any atom is -0.383 e. The molecule has 1 heterocycles. The summed E-state index contributed by atoms with van der Waals surface area (Å²) < 4.78 is 0. The van der Waals surface area contributed by atoms with Gasteiger partial charge in [0.2, 0.25) is 0 Å². The van der Waals surface area contributed by atoms with Gasteiger partial charge in [-0.05, 0) is 6.42 Å². The Hall–Kier alpha value is -0.570. The minimum atomic E-state index is -0.741. The van der Waals surface area contributed by atoms with E-state index in [-0.39, 0.29) is 11.8 Å². The first-order valence-electron chi connectivity index (χ1n) is 3.59. The summed E-state index contributed by atoms with van der Waals surface area (Å²) in [5.74, 6) is 0.0179. The van der Waals surface area contributed by atoms with Gasteiger partial charge in [-0.2, -0.15) is 0 Å². The van der Waals surface area contributed by atoms with E-state index in [1.165, 1.54) is 0 Å². The predicted molar refractivity (Wildman–Crippen MR) is 37.4 cm³/mol. The molecule has 0 saturated carbocycles. The number of carbonyl (C=O) groups is 1. The highest BCUT2D eigenvalue weighted by Crippen LogP contribution is 2.19. The molecule has 2 unspecified atom stereocenters. The Morgan fingerprint density at radius 3 is 2.60 bits per heavy atom. The Morgan fingerprint density at radius 2 is 2.40 bits per heavy atom. The quantitative estimate of drug-likeness (QED) is 0.554. The number of aliphatic hydroxyl groups is 1. The lowest BCUT2D eigenvalue weighted by Gasteiger charge is -2.06. The van der Waals surface area contributed by atoms with E-state index in [0.29, 0.717) is 6.54 Å². The Balaban J connectivity index is 2.61. The molecule has 0 aromatic carbocycles. The third-order valence-corrected chi connectivity index (χ3v) is 2.11. The van der Waals surface area contributed by atoms with Crippen molar-refractivity contribution in [3.05, 3.63) is 0 Å². The van der Waals surface area contributed by atoms with Crippen molar-refractivity contribution in [3.63, 3.8) is 0 Å². The lowest BCUT2D eigenvalue weighted by molar-refractivity contribution is -0.134. The van der Waals surface area contributed by atoms with Gasteiger partial charge in [0.05, 0.1) is 0 Å². The Bertz CT molecular complexity index is 147. The van der Waals surface area contributed by atoms with Gasteiger partial charge in [-0.25, -0.2) is 0 Å². The molecular weight excluding hydrogens is 130 g/mol. The molecule has 3 heteroatoms. The molecule has 1 rings (SSSR count). The molecule has 0 spiro atoms. The highest BCUT2D eigenvalue weighted by Gasteiger charge is 2.35. The monoisotopic (exact) mass is 143 g/mol. The number of nitrogens with zero attached hydrogens (tertiary/aromatic N) is 1. The molecule has 0 radical (unpaired) electrons. The van der Waals surface area contributed by atoms with Crippen LogP contribution in [0, 0.1) is 5.92 Å². The summed E-state index contributed by atoms with van der Waals surface area (Å²) in [5, 5.41) is 9.24. The van der Waals surface area contributed by atoms with Gasteiger partial charge in [0.15, 0.2) is 0 Å². The summed E-state index contributed by atoms with van der Waals surface area (Å²) in [5.41, 5.74) is 0. The Kier molecular flexibility index (Phi) is 1.94. The molecule has 0 aromatic rings. The number of rotatable bonds is 1. The maximum atomic E-state index is 11.0. The molecule has 2 atom stereocenters. The third-order valence-electron chi connectivity index (χ3n) is 2.11. The molecule has 0 aromatic heterocycles. The zero-order valence-corrected chi connectivity index (χ0v) is 6.37. The molecule has 3 nitrogen and oxygen atoms in total. The van der Waals surface area contributed by atoms with E-state index in [0.717, 1.165) is 6.42 Å². The molecule has 0 bridgehead atoms. The van der Waals surface area contributed by atoms with E-state index >= 15 is 0 Å². The van der Waals surface area contributed by atoms with Crippen molar-refractivity contribution in [1.29, 1.82) is 0 Å². The molecule has 1 fully saturated rings. The average Bonchev–Trinajstić information content (AvgIpc) is 2.17. The van der Waals surface area contributed by atoms with Gasteiger partial charge in [-0.15, -0.1) is 0 Å². The van der Waals surface area contributed by atoms with Gasteiger partial charge in [-0.3, -0.25) is 4.79 Å². The second kappa shape index (κ2) is 2.58. The molecule has 1 aliphatic heterocycles. The fourth-order valence-corrected chi connectivity index (χ4v) is 1.32. The van der Waals surface area contributed by atoms with E-state index in [2.05, 4.69) is 0 Å². The lowest BCUT2D eigenvalue weighted by Crippen LogP contribution is -2.26. The third kappa shape index (κ3) is 1.01. The van der Waals surface area contributed by atoms with Gasteiger partial charge >= 0.3 is 0 Å². The van der Waals surface area contributed by atoms with E-state index in [1.54, 1.807) is 11.9 Å². The van der Waals surface area contributed by atoms with E-state index < -0.39 is 6.10 Å². The van der Waals surface area contributed by atoms with Crippen molar-refractivity contribution in [2.45, 2.75) is 19.4 Å². The maximum Gasteiger partial charge on any atom is 0.251 e. The van der Waals surface area contributed by atoms with Crippen LogP contribution in [0.25, 0.3) is 0 Å². The number of likely N-dealkylation sites (tertiary alicyclic amines) is 1. The van der Waals surface area contributed by atoms with Crippen LogP contribution >= 0.6 is 0 Å². The molecule has 0 aliphatic carbocycles. The topological polar surface area (TPSA) is 40.5 Å². The van der Waals surface area contributed by atoms with Gasteiger partial charge in [0, 0.05) is 19.5 Å². The normalized spacial score (nSPS) is 33.5. The van der Waals surface area contributed by atoms with Crippen molar-refractivity contribution < 1.29 is 9.90 Å². The SMILES string of the molecule is CCC1CN(C)C(=O)C1O. The first-order valence-corrected chi connectivity index (χ1v) is 3.59. The summed E-state index contributed by atoms with van der Waals surface area (Å²) in [6, 6.07) is 0. The summed E-state index contributed by atoms with van der Waals surface area (Å²) in [6.45, 7) is 2.69. The van der Waals surface area contributed by atoms with E-state index in [4.69, 9.17) is 0 Å². The standard InChI is InChI=1S/C7H13NO2/c1-3-5-4-8(2)7(10)6(5)9/h5-6,9H,3-4H2,1-2H3. The molecule has 58 valence electrons. The predicted octanol–water partition coefficient (Wildman–Crippen LogP) is -0.155. The van der Waals surface area contributed by atoms with Crippen LogP contribution in [0.15, 0.2) is 0 Å².